The molecule has 6 heteroatoms. The molecule has 4 nitrogen and oxygen atoms in total. The fourth-order valence-corrected chi connectivity index (χ4v) is 4.39. The first kappa shape index (κ1) is 17.4. The minimum Gasteiger partial charge on any atom is -0.318 e. The average Bonchev–Trinajstić information content (AvgIpc) is 2.87. The molecule has 1 N–H and O–H groups in total. The van der Waals surface area contributed by atoms with Crippen molar-refractivity contribution in [3.8, 4) is 0 Å². The van der Waals surface area contributed by atoms with Crippen LogP contribution in [0.25, 0.3) is 0 Å². The van der Waals surface area contributed by atoms with Gasteiger partial charge in [0.2, 0.25) is 10.0 Å². The first-order chi connectivity index (χ1) is 9.13. The second-order valence-corrected chi connectivity index (χ2v) is 7.06. The number of rotatable bonds is 6. The van der Waals surface area contributed by atoms with E-state index in [0.29, 0.717) is 13.0 Å². The molecule has 1 aliphatic heterocycles. The summed E-state index contributed by atoms with van der Waals surface area (Å²) in [4.78, 5) is 0. The van der Waals surface area contributed by atoms with Gasteiger partial charge in [-0.15, -0.1) is 12.4 Å². The highest BCUT2D eigenvalue weighted by Crippen LogP contribution is 2.21. The number of nitrogens with zero attached hydrogens (tertiary/aromatic N) is 1. The second-order valence-electron chi connectivity index (χ2n) is 5.02. The molecule has 1 saturated heterocycles. The van der Waals surface area contributed by atoms with Gasteiger partial charge in [0.05, 0.1) is 5.75 Å². The predicted molar refractivity (Wildman–Crippen MR) is 84.8 cm³/mol. The lowest BCUT2D eigenvalue weighted by molar-refractivity contribution is 0.379. The molecule has 1 heterocycles. The third kappa shape index (κ3) is 4.45. The molecule has 114 valence electrons. The van der Waals surface area contributed by atoms with Crippen LogP contribution in [0.1, 0.15) is 18.4 Å². The molecule has 2 rings (SSSR count). The fraction of sp³-hybridized carbons (Fsp3) is 0.571. The normalized spacial score (nSPS) is 19.8. The molecule has 1 atom stereocenters. The zero-order chi connectivity index (χ0) is 13.7. The number of hydrogen-bond acceptors (Lipinski definition) is 3. The van der Waals surface area contributed by atoms with Crippen molar-refractivity contribution in [2.45, 2.75) is 25.3 Å². The van der Waals surface area contributed by atoms with Gasteiger partial charge < -0.3 is 5.32 Å². The Morgan fingerprint density at radius 3 is 2.65 bits per heavy atom. The van der Waals surface area contributed by atoms with E-state index < -0.39 is 10.0 Å². The Balaban J connectivity index is 0.00000200. The van der Waals surface area contributed by atoms with Crippen LogP contribution in [-0.2, 0) is 16.4 Å². The highest BCUT2D eigenvalue weighted by Gasteiger charge is 2.33. The predicted octanol–water partition coefficient (Wildman–Crippen LogP) is 1.66. The molecule has 0 spiro atoms. The Hall–Kier alpha value is -0.620. The Bertz CT molecular complexity index is 493. The van der Waals surface area contributed by atoms with E-state index in [1.54, 1.807) is 4.31 Å². The largest absolute Gasteiger partial charge is 0.318 e. The van der Waals surface area contributed by atoms with Gasteiger partial charge in [-0.05, 0) is 31.9 Å². The number of aryl methyl sites for hydroxylation is 1. The number of likely N-dealkylation sites (N-methyl/N-ethyl adjacent to an activating group) is 1. The number of nitrogens with one attached hydrogen (secondary N) is 1. The Kier molecular flexibility index (Phi) is 6.95. The maximum absolute atomic E-state index is 12.4. The van der Waals surface area contributed by atoms with Crippen LogP contribution in [0.3, 0.4) is 0 Å². The van der Waals surface area contributed by atoms with Gasteiger partial charge in [0.25, 0.3) is 0 Å². The fourth-order valence-electron chi connectivity index (χ4n) is 2.62. The van der Waals surface area contributed by atoms with Crippen molar-refractivity contribution in [1.29, 1.82) is 0 Å². The first-order valence-corrected chi connectivity index (χ1v) is 8.42. The molecule has 1 aromatic carbocycles. The van der Waals surface area contributed by atoms with Crippen molar-refractivity contribution >= 4 is 22.4 Å². The summed E-state index contributed by atoms with van der Waals surface area (Å²) >= 11 is 0. The minimum atomic E-state index is -3.14. The molecular formula is C14H23ClN2O2S. The molecular weight excluding hydrogens is 296 g/mol. The molecule has 0 aliphatic carbocycles. The smallest absolute Gasteiger partial charge is 0.214 e. The number of sulfonamides is 1. The summed E-state index contributed by atoms with van der Waals surface area (Å²) < 4.78 is 26.5. The lowest BCUT2D eigenvalue weighted by Gasteiger charge is -2.23. The van der Waals surface area contributed by atoms with Crippen molar-refractivity contribution in [2.75, 3.05) is 25.9 Å². The van der Waals surface area contributed by atoms with Gasteiger partial charge in [-0.25, -0.2) is 8.42 Å². The van der Waals surface area contributed by atoms with E-state index >= 15 is 0 Å². The van der Waals surface area contributed by atoms with Crippen molar-refractivity contribution in [3.05, 3.63) is 35.9 Å². The van der Waals surface area contributed by atoms with Gasteiger partial charge >= 0.3 is 0 Å². The summed E-state index contributed by atoms with van der Waals surface area (Å²) in [6, 6.07) is 9.92. The number of hydrogen-bond donors (Lipinski definition) is 1. The molecule has 0 amide bonds. The number of benzene rings is 1. The Morgan fingerprint density at radius 2 is 2.00 bits per heavy atom. The van der Waals surface area contributed by atoms with E-state index in [1.807, 2.05) is 37.4 Å². The van der Waals surface area contributed by atoms with E-state index in [0.717, 1.165) is 24.9 Å². The summed E-state index contributed by atoms with van der Waals surface area (Å²) in [5.41, 5.74) is 1.08. The number of halogens is 1. The highest BCUT2D eigenvalue weighted by molar-refractivity contribution is 7.89. The van der Waals surface area contributed by atoms with Crippen molar-refractivity contribution in [1.82, 2.24) is 9.62 Å². The molecule has 1 aliphatic rings. The van der Waals surface area contributed by atoms with E-state index in [9.17, 15) is 8.42 Å². The van der Waals surface area contributed by atoms with Gasteiger partial charge in [-0.3, -0.25) is 0 Å². The van der Waals surface area contributed by atoms with Crippen LogP contribution in [0.5, 0.6) is 0 Å². The SMILES string of the molecule is CNCC1CCCN1S(=O)(=O)CCc1ccccc1.Cl. The zero-order valence-electron chi connectivity index (χ0n) is 11.8. The third-order valence-electron chi connectivity index (χ3n) is 3.61. The molecule has 1 aromatic rings. The summed E-state index contributed by atoms with van der Waals surface area (Å²) in [6.45, 7) is 1.41. The zero-order valence-corrected chi connectivity index (χ0v) is 13.4. The van der Waals surface area contributed by atoms with Gasteiger partial charge in [-0.1, -0.05) is 30.3 Å². The van der Waals surface area contributed by atoms with Crippen LogP contribution >= 0.6 is 12.4 Å². The molecule has 0 saturated carbocycles. The van der Waals surface area contributed by atoms with Gasteiger partial charge in [0.15, 0.2) is 0 Å². The average molecular weight is 319 g/mol. The topological polar surface area (TPSA) is 49.4 Å². The second kappa shape index (κ2) is 7.98. The molecule has 0 bridgehead atoms. The lowest BCUT2D eigenvalue weighted by atomic mass is 10.2. The van der Waals surface area contributed by atoms with Crippen LogP contribution in [0, 0.1) is 0 Å². The lowest BCUT2D eigenvalue weighted by Crippen LogP contribution is -2.42. The molecule has 0 radical (unpaired) electrons. The van der Waals surface area contributed by atoms with Gasteiger partial charge in [0.1, 0.15) is 0 Å². The van der Waals surface area contributed by atoms with Gasteiger partial charge in [-0.2, -0.15) is 4.31 Å². The van der Waals surface area contributed by atoms with Crippen LogP contribution in [-0.4, -0.2) is 44.7 Å². The highest BCUT2D eigenvalue weighted by atomic mass is 35.5. The summed E-state index contributed by atoms with van der Waals surface area (Å²) in [5.74, 6) is 0.206. The first-order valence-electron chi connectivity index (χ1n) is 6.81. The maximum atomic E-state index is 12.4. The quantitative estimate of drug-likeness (QED) is 0.868. The van der Waals surface area contributed by atoms with E-state index in [-0.39, 0.29) is 24.2 Å². The summed E-state index contributed by atoms with van der Waals surface area (Å²) in [6.07, 6.45) is 2.52. The Labute approximate surface area is 128 Å². The van der Waals surface area contributed by atoms with E-state index in [2.05, 4.69) is 5.32 Å². The van der Waals surface area contributed by atoms with Crippen molar-refractivity contribution in [3.63, 3.8) is 0 Å². The molecule has 0 aromatic heterocycles. The molecule has 1 fully saturated rings. The van der Waals surface area contributed by atoms with E-state index in [4.69, 9.17) is 0 Å². The molecule has 1 unspecified atom stereocenters. The van der Waals surface area contributed by atoms with Crippen molar-refractivity contribution in [2.24, 2.45) is 0 Å². The van der Waals surface area contributed by atoms with E-state index in [1.165, 1.54) is 0 Å². The van der Waals surface area contributed by atoms with Crippen LogP contribution in [0.2, 0.25) is 0 Å². The van der Waals surface area contributed by atoms with Crippen LogP contribution in [0.15, 0.2) is 30.3 Å². The van der Waals surface area contributed by atoms with Crippen LogP contribution in [0.4, 0.5) is 0 Å². The maximum Gasteiger partial charge on any atom is 0.214 e. The van der Waals surface area contributed by atoms with Crippen molar-refractivity contribution < 1.29 is 8.42 Å². The van der Waals surface area contributed by atoms with Gasteiger partial charge in [0, 0.05) is 19.1 Å². The standard InChI is InChI=1S/C14H22N2O2S.ClH/c1-15-12-14-8-5-10-16(14)19(17,18)11-9-13-6-3-2-4-7-13;/h2-4,6-7,14-15H,5,8-12H2,1H3;1H. The monoisotopic (exact) mass is 318 g/mol. The third-order valence-corrected chi connectivity index (χ3v) is 5.53. The minimum absolute atomic E-state index is 0. The molecule has 20 heavy (non-hydrogen) atoms. The van der Waals surface area contributed by atoms with Crippen LogP contribution < -0.4 is 5.32 Å². The summed E-state index contributed by atoms with van der Waals surface area (Å²) in [7, 11) is -1.27. The Morgan fingerprint density at radius 1 is 1.30 bits per heavy atom. The summed E-state index contributed by atoms with van der Waals surface area (Å²) in [5, 5.41) is 3.08.